The fraction of sp³-hybridized carbons (Fsp3) is 0.214. The number of pyridine rings is 1. The summed E-state index contributed by atoms with van der Waals surface area (Å²) >= 11 is 0. The van der Waals surface area contributed by atoms with Crippen molar-refractivity contribution in [2.45, 2.75) is 25.9 Å². The van der Waals surface area contributed by atoms with Crippen LogP contribution in [-0.2, 0) is 0 Å². The van der Waals surface area contributed by atoms with Gasteiger partial charge in [0.05, 0.1) is 17.3 Å². The number of ether oxygens (including phenoxy) is 1. The molecule has 0 spiro atoms. The lowest BCUT2D eigenvalue weighted by atomic mass is 9.99. The van der Waals surface area contributed by atoms with E-state index in [0.717, 1.165) is 17.7 Å². The van der Waals surface area contributed by atoms with Crippen molar-refractivity contribution < 1.29 is 18.3 Å². The molecule has 0 saturated carbocycles. The molecule has 192 valence electrons. The summed E-state index contributed by atoms with van der Waals surface area (Å²) in [5.41, 5.74) is 7.46. The van der Waals surface area contributed by atoms with Crippen LogP contribution in [0.5, 0.6) is 5.75 Å². The van der Waals surface area contributed by atoms with Crippen molar-refractivity contribution in [1.29, 1.82) is 5.26 Å². The second-order valence-corrected chi connectivity index (χ2v) is 9.16. The molecule has 1 aliphatic rings. The molecule has 0 unspecified atom stereocenters. The van der Waals surface area contributed by atoms with E-state index >= 15 is 0 Å². The summed E-state index contributed by atoms with van der Waals surface area (Å²) in [6.45, 7) is 2.82. The second kappa shape index (κ2) is 9.94. The van der Waals surface area contributed by atoms with Gasteiger partial charge in [-0.3, -0.25) is 14.0 Å². The summed E-state index contributed by atoms with van der Waals surface area (Å²) in [4.78, 5) is 32.4. The van der Waals surface area contributed by atoms with E-state index in [9.17, 15) is 23.6 Å². The Morgan fingerprint density at radius 3 is 2.58 bits per heavy atom. The van der Waals surface area contributed by atoms with Crippen LogP contribution in [0, 0.1) is 29.9 Å². The average molecular weight is 516 g/mol. The number of hydrogen-bond donors (Lipinski definition) is 1. The maximum Gasteiger partial charge on any atom is 0.271 e. The van der Waals surface area contributed by atoms with Gasteiger partial charge in [0.1, 0.15) is 23.1 Å². The molecule has 1 amide bonds. The third-order valence-electron chi connectivity index (χ3n) is 6.57. The summed E-state index contributed by atoms with van der Waals surface area (Å²) in [5.74, 6) is -2.36. The van der Waals surface area contributed by atoms with Gasteiger partial charge >= 0.3 is 0 Å². The number of halogens is 2. The van der Waals surface area contributed by atoms with Gasteiger partial charge in [-0.1, -0.05) is 6.07 Å². The molecule has 8 nitrogen and oxygen atoms in total. The van der Waals surface area contributed by atoms with Crippen molar-refractivity contribution in [1.82, 2.24) is 9.38 Å². The van der Waals surface area contributed by atoms with E-state index < -0.39 is 23.1 Å². The van der Waals surface area contributed by atoms with Crippen LogP contribution < -0.4 is 20.9 Å². The molecule has 2 N–H and O–H groups in total. The number of amides is 1. The zero-order valence-corrected chi connectivity index (χ0v) is 20.4. The number of nitrogens with zero attached hydrogens (tertiary/aromatic N) is 4. The Bertz CT molecular complexity index is 1670. The van der Waals surface area contributed by atoms with E-state index in [1.54, 1.807) is 36.5 Å². The highest BCUT2D eigenvalue weighted by molar-refractivity contribution is 6.00. The Morgan fingerprint density at radius 2 is 1.89 bits per heavy atom. The van der Waals surface area contributed by atoms with Gasteiger partial charge in [0.15, 0.2) is 11.6 Å². The van der Waals surface area contributed by atoms with E-state index in [-0.39, 0.29) is 23.1 Å². The SMILES string of the molecule is Cc1ccc2nc(-c3cc(C#N)ccc3N3CCC(Oc4ccc(F)cc4F)CC3)c(C(N)=O)c(=O)n2c1. The van der Waals surface area contributed by atoms with Crippen LogP contribution in [0.3, 0.4) is 0 Å². The average Bonchev–Trinajstić information content (AvgIpc) is 2.90. The molecule has 1 saturated heterocycles. The van der Waals surface area contributed by atoms with Crippen molar-refractivity contribution in [3.63, 3.8) is 0 Å². The lowest BCUT2D eigenvalue weighted by Gasteiger charge is -2.35. The van der Waals surface area contributed by atoms with Gasteiger partial charge in [0, 0.05) is 49.4 Å². The first-order valence-corrected chi connectivity index (χ1v) is 12.0. The minimum Gasteiger partial charge on any atom is -0.487 e. The minimum atomic E-state index is -0.921. The first-order valence-electron chi connectivity index (χ1n) is 12.0. The number of anilines is 1. The van der Waals surface area contributed by atoms with Crippen molar-refractivity contribution in [2.75, 3.05) is 18.0 Å². The van der Waals surface area contributed by atoms with E-state index in [0.29, 0.717) is 48.4 Å². The molecule has 38 heavy (non-hydrogen) atoms. The first kappa shape index (κ1) is 24.9. The molecule has 3 heterocycles. The van der Waals surface area contributed by atoms with Crippen LogP contribution in [0.1, 0.15) is 34.3 Å². The summed E-state index contributed by atoms with van der Waals surface area (Å²) in [5, 5.41) is 9.55. The molecule has 1 fully saturated rings. The number of piperidine rings is 1. The number of nitrogens with two attached hydrogens (primary N) is 1. The summed E-state index contributed by atoms with van der Waals surface area (Å²) in [7, 11) is 0. The molecule has 0 aliphatic carbocycles. The summed E-state index contributed by atoms with van der Waals surface area (Å²) in [6.07, 6.45) is 2.36. The number of rotatable bonds is 5. The van der Waals surface area contributed by atoms with Crippen molar-refractivity contribution in [3.8, 4) is 23.1 Å². The number of benzene rings is 2. The minimum absolute atomic E-state index is 0.00825. The Kier molecular flexibility index (Phi) is 6.51. The van der Waals surface area contributed by atoms with Gasteiger partial charge in [-0.25, -0.2) is 13.8 Å². The number of primary amides is 1. The Balaban J connectivity index is 1.52. The van der Waals surface area contributed by atoms with Crippen LogP contribution >= 0.6 is 0 Å². The molecule has 0 atom stereocenters. The molecular weight excluding hydrogens is 492 g/mol. The van der Waals surface area contributed by atoms with Gasteiger partial charge in [0.2, 0.25) is 0 Å². The molecule has 2 aromatic heterocycles. The Hall–Kier alpha value is -4.78. The zero-order valence-electron chi connectivity index (χ0n) is 20.4. The largest absolute Gasteiger partial charge is 0.487 e. The van der Waals surface area contributed by atoms with Gasteiger partial charge in [-0.15, -0.1) is 0 Å². The van der Waals surface area contributed by atoms with Crippen LogP contribution in [0.2, 0.25) is 0 Å². The highest BCUT2D eigenvalue weighted by Crippen LogP contribution is 2.34. The van der Waals surface area contributed by atoms with Crippen molar-refractivity contribution in [2.24, 2.45) is 5.73 Å². The molecule has 10 heteroatoms. The summed E-state index contributed by atoms with van der Waals surface area (Å²) in [6, 6.07) is 13.8. The second-order valence-electron chi connectivity index (χ2n) is 9.16. The van der Waals surface area contributed by atoms with Crippen LogP contribution in [0.15, 0.2) is 59.5 Å². The fourth-order valence-corrected chi connectivity index (χ4v) is 4.70. The van der Waals surface area contributed by atoms with E-state index in [4.69, 9.17) is 10.5 Å². The zero-order chi connectivity index (χ0) is 27.0. The number of carbonyl (C=O) groups is 1. The monoisotopic (exact) mass is 515 g/mol. The lowest BCUT2D eigenvalue weighted by molar-refractivity contribution is 0.0999. The van der Waals surface area contributed by atoms with Gasteiger partial charge in [-0.2, -0.15) is 5.26 Å². The quantitative estimate of drug-likeness (QED) is 0.430. The number of nitriles is 1. The topological polar surface area (TPSA) is 114 Å². The number of carbonyl (C=O) groups excluding carboxylic acids is 1. The van der Waals surface area contributed by atoms with Gasteiger partial charge < -0.3 is 15.4 Å². The molecule has 4 aromatic rings. The number of aryl methyl sites for hydroxylation is 1. The maximum absolute atomic E-state index is 14.1. The highest BCUT2D eigenvalue weighted by Gasteiger charge is 2.27. The van der Waals surface area contributed by atoms with Crippen LogP contribution in [0.25, 0.3) is 16.9 Å². The molecule has 0 radical (unpaired) electrons. The standard InChI is InChI=1S/C28H23F2N5O3/c1-16-2-7-24-33-26(25(27(32)36)28(37)35(24)15-16)20-12-17(14-31)3-5-22(20)34-10-8-19(9-11-34)38-23-6-4-18(29)13-21(23)30/h2-7,12-13,15,19H,8-11H2,1H3,(H2,32,36). The number of fused-ring (bicyclic) bond motifs is 1. The Morgan fingerprint density at radius 1 is 1.13 bits per heavy atom. The van der Waals surface area contributed by atoms with Crippen molar-refractivity contribution >= 4 is 17.2 Å². The Labute approximate surface area is 216 Å². The maximum atomic E-state index is 14.1. The van der Waals surface area contributed by atoms with E-state index in [1.807, 2.05) is 11.8 Å². The third-order valence-corrected chi connectivity index (χ3v) is 6.57. The van der Waals surface area contributed by atoms with Gasteiger partial charge in [0.25, 0.3) is 11.5 Å². The molecular formula is C28H23F2N5O3. The predicted molar refractivity (Wildman–Crippen MR) is 137 cm³/mol. The van der Waals surface area contributed by atoms with Crippen LogP contribution in [0.4, 0.5) is 14.5 Å². The molecule has 1 aliphatic heterocycles. The predicted octanol–water partition coefficient (Wildman–Crippen LogP) is 3.97. The smallest absolute Gasteiger partial charge is 0.271 e. The summed E-state index contributed by atoms with van der Waals surface area (Å²) < 4.78 is 34.3. The van der Waals surface area contributed by atoms with Gasteiger partial charge in [-0.05, 0) is 48.9 Å². The normalized spacial score (nSPS) is 13.9. The number of hydrogen-bond acceptors (Lipinski definition) is 6. The van der Waals surface area contributed by atoms with Crippen molar-refractivity contribution in [3.05, 3.63) is 93.4 Å². The van der Waals surface area contributed by atoms with E-state index in [2.05, 4.69) is 11.1 Å². The van der Waals surface area contributed by atoms with Crippen LogP contribution in [-0.4, -0.2) is 34.5 Å². The number of aromatic nitrogens is 2. The molecule has 2 aromatic carbocycles. The third kappa shape index (κ3) is 4.66. The lowest BCUT2D eigenvalue weighted by Crippen LogP contribution is -2.38. The first-order chi connectivity index (χ1) is 18.2. The fourth-order valence-electron chi connectivity index (χ4n) is 4.70. The molecule has 0 bridgehead atoms. The van der Waals surface area contributed by atoms with E-state index in [1.165, 1.54) is 10.5 Å². The highest BCUT2D eigenvalue weighted by atomic mass is 19.1. The molecule has 5 rings (SSSR count).